The van der Waals surface area contributed by atoms with Crippen molar-refractivity contribution in [2.75, 3.05) is 13.7 Å². The Morgan fingerprint density at radius 3 is 1.86 bits per heavy atom. The van der Waals surface area contributed by atoms with E-state index in [1.165, 1.54) is 10.4 Å². The van der Waals surface area contributed by atoms with Crippen LogP contribution in [-0.4, -0.2) is 38.6 Å². The van der Waals surface area contributed by atoms with Crippen molar-refractivity contribution >= 4 is 24.8 Å². The molecule has 0 saturated carbocycles. The van der Waals surface area contributed by atoms with Crippen LogP contribution in [0.2, 0.25) is 5.04 Å². The molecule has 6 heteroatoms. The first kappa shape index (κ1) is 28.7. The van der Waals surface area contributed by atoms with Crippen molar-refractivity contribution in [2.24, 2.45) is 5.92 Å². The first-order valence-corrected chi connectivity index (χ1v) is 15.0. The Morgan fingerprint density at radius 2 is 1.43 bits per heavy atom. The zero-order valence-corrected chi connectivity index (χ0v) is 24.7. The van der Waals surface area contributed by atoms with Gasteiger partial charge in [-0.05, 0) is 60.7 Å². The number of carbonyl (C=O) groups excluding carboxylic acids is 1. The summed E-state index contributed by atoms with van der Waals surface area (Å²) in [6.07, 6.45) is 2.04. The number of ether oxygens (including phenoxy) is 1. The molecule has 5 nitrogen and oxygen atoms in total. The number of hydrogen-bond acceptors (Lipinski definition) is 4. The van der Waals surface area contributed by atoms with Gasteiger partial charge < -0.3 is 18.5 Å². The monoisotopic (exact) mass is 521 g/mol. The minimum atomic E-state index is -2.63. The number of amides is 1. The molecule has 37 heavy (non-hydrogen) atoms. The van der Waals surface area contributed by atoms with E-state index >= 15 is 0 Å². The molecule has 0 radical (unpaired) electrons. The van der Waals surface area contributed by atoms with Crippen molar-refractivity contribution in [3.05, 3.63) is 84.8 Å². The Bertz CT molecular complexity index is 1060. The molecule has 1 unspecified atom stereocenters. The summed E-state index contributed by atoms with van der Waals surface area (Å²) in [6.45, 7) is 15.2. The third kappa shape index (κ3) is 6.73. The maximum Gasteiger partial charge on any atom is 0.410 e. The number of furan rings is 1. The second-order valence-electron chi connectivity index (χ2n) is 11.8. The normalized spacial score (nSPS) is 14.2. The van der Waals surface area contributed by atoms with Crippen molar-refractivity contribution in [1.29, 1.82) is 0 Å². The predicted molar refractivity (Wildman–Crippen MR) is 153 cm³/mol. The summed E-state index contributed by atoms with van der Waals surface area (Å²) in [6, 6.07) is 24.8. The van der Waals surface area contributed by atoms with Crippen LogP contribution in [0.1, 0.15) is 66.7 Å². The Kier molecular flexibility index (Phi) is 9.08. The lowest BCUT2D eigenvalue weighted by Crippen LogP contribution is -2.66. The molecule has 0 saturated heterocycles. The van der Waals surface area contributed by atoms with Gasteiger partial charge in [0.2, 0.25) is 0 Å². The topological polar surface area (TPSA) is 51.9 Å². The molecule has 2 aromatic carbocycles. The van der Waals surface area contributed by atoms with Gasteiger partial charge in [0.25, 0.3) is 8.32 Å². The second kappa shape index (κ2) is 11.7. The van der Waals surface area contributed by atoms with Gasteiger partial charge in [-0.2, -0.15) is 0 Å². The van der Waals surface area contributed by atoms with Gasteiger partial charge in [0, 0.05) is 13.7 Å². The van der Waals surface area contributed by atoms with Crippen LogP contribution in [0.3, 0.4) is 0 Å². The van der Waals surface area contributed by atoms with E-state index in [2.05, 4.69) is 88.4 Å². The first-order valence-electron chi connectivity index (χ1n) is 13.1. The predicted octanol–water partition coefficient (Wildman–Crippen LogP) is 6.79. The molecule has 1 amide bonds. The van der Waals surface area contributed by atoms with E-state index in [9.17, 15) is 4.79 Å². The molecule has 3 rings (SSSR count). The molecule has 0 aliphatic rings. The molecule has 0 N–H and O–H groups in total. The molecule has 0 spiro atoms. The van der Waals surface area contributed by atoms with Gasteiger partial charge in [0.1, 0.15) is 11.4 Å². The van der Waals surface area contributed by atoms with Crippen molar-refractivity contribution in [3.8, 4) is 0 Å². The second-order valence-corrected chi connectivity index (χ2v) is 16.1. The summed E-state index contributed by atoms with van der Waals surface area (Å²) in [5, 5.41) is 2.43. The lowest BCUT2D eigenvalue weighted by molar-refractivity contribution is 0.0129. The quantitative estimate of drug-likeness (QED) is 0.291. The van der Waals surface area contributed by atoms with Crippen LogP contribution in [0.4, 0.5) is 4.79 Å². The molecule has 200 valence electrons. The molecular weight excluding hydrogens is 478 g/mol. The number of benzene rings is 2. The SMILES string of the molecule is CC(CCO[Si](c1ccccc1)(c1ccccc1)C(C)(C)C)[C@@H](c1ccco1)N(C)C(=O)OC(C)(C)C. The average Bonchev–Trinajstić information content (AvgIpc) is 3.35. The van der Waals surface area contributed by atoms with Gasteiger partial charge in [0.05, 0.1) is 12.3 Å². The largest absolute Gasteiger partial charge is 0.467 e. The average molecular weight is 522 g/mol. The number of nitrogens with zero attached hydrogens (tertiary/aromatic N) is 1. The Labute approximate surface area is 223 Å². The molecule has 0 aliphatic carbocycles. The Morgan fingerprint density at radius 1 is 0.892 bits per heavy atom. The number of hydrogen-bond donors (Lipinski definition) is 0. The lowest BCUT2D eigenvalue weighted by Gasteiger charge is -2.43. The van der Waals surface area contributed by atoms with Crippen LogP contribution < -0.4 is 10.4 Å². The highest BCUT2D eigenvalue weighted by atomic mass is 28.4. The minimum Gasteiger partial charge on any atom is -0.467 e. The van der Waals surface area contributed by atoms with E-state index in [0.29, 0.717) is 6.61 Å². The fraction of sp³-hybridized carbons (Fsp3) is 0.452. The van der Waals surface area contributed by atoms with Gasteiger partial charge in [-0.1, -0.05) is 88.4 Å². The van der Waals surface area contributed by atoms with Gasteiger partial charge in [-0.25, -0.2) is 4.79 Å². The highest BCUT2D eigenvalue weighted by molar-refractivity contribution is 6.99. The Balaban J connectivity index is 1.89. The highest BCUT2D eigenvalue weighted by Gasteiger charge is 2.50. The van der Waals surface area contributed by atoms with Gasteiger partial charge >= 0.3 is 6.09 Å². The van der Waals surface area contributed by atoms with Gasteiger partial charge in [-0.15, -0.1) is 0 Å². The maximum atomic E-state index is 13.0. The van der Waals surface area contributed by atoms with Crippen LogP contribution in [-0.2, 0) is 9.16 Å². The Hall–Kier alpha value is -2.83. The summed E-state index contributed by atoms with van der Waals surface area (Å²) in [4.78, 5) is 14.6. The standard InChI is InChI=1S/C31H43NO4Si/c1-24(28(27-20-15-22-34-27)32(8)29(33)36-30(2,3)4)21-23-35-37(31(5,6)7,25-16-11-9-12-17-25)26-18-13-10-14-19-26/h9-20,22,24,28H,21,23H2,1-8H3/t24?,28-/m0/s1. The summed E-state index contributed by atoms with van der Waals surface area (Å²) >= 11 is 0. The van der Waals surface area contributed by atoms with Crippen LogP contribution in [0.5, 0.6) is 0 Å². The van der Waals surface area contributed by atoms with E-state index in [1.54, 1.807) is 18.2 Å². The maximum absolute atomic E-state index is 13.0. The van der Waals surface area contributed by atoms with Crippen LogP contribution in [0.25, 0.3) is 0 Å². The van der Waals surface area contributed by atoms with E-state index in [0.717, 1.165) is 12.2 Å². The van der Waals surface area contributed by atoms with E-state index in [-0.39, 0.29) is 23.1 Å². The van der Waals surface area contributed by atoms with Gasteiger partial charge in [0.15, 0.2) is 0 Å². The molecular formula is C31H43NO4Si. The summed E-state index contributed by atoms with van der Waals surface area (Å²) in [5.41, 5.74) is -0.575. The van der Waals surface area contributed by atoms with E-state index < -0.39 is 13.9 Å². The number of rotatable bonds is 9. The van der Waals surface area contributed by atoms with E-state index in [1.807, 2.05) is 32.9 Å². The highest BCUT2D eigenvalue weighted by Crippen LogP contribution is 2.38. The van der Waals surface area contributed by atoms with Crippen molar-refractivity contribution in [1.82, 2.24) is 4.90 Å². The summed E-state index contributed by atoms with van der Waals surface area (Å²) in [5.74, 6) is 0.813. The molecule has 0 aliphatic heterocycles. The minimum absolute atomic E-state index is 0.0712. The van der Waals surface area contributed by atoms with Crippen LogP contribution >= 0.6 is 0 Å². The smallest absolute Gasteiger partial charge is 0.410 e. The fourth-order valence-corrected chi connectivity index (χ4v) is 9.66. The van der Waals surface area contributed by atoms with Crippen LogP contribution in [0.15, 0.2) is 83.5 Å². The van der Waals surface area contributed by atoms with Crippen molar-refractivity contribution in [2.45, 2.75) is 71.6 Å². The molecule has 3 aromatic rings. The van der Waals surface area contributed by atoms with Crippen molar-refractivity contribution in [3.63, 3.8) is 0 Å². The molecule has 1 aromatic heterocycles. The van der Waals surface area contributed by atoms with Crippen LogP contribution in [0, 0.1) is 5.92 Å². The van der Waals surface area contributed by atoms with Gasteiger partial charge in [-0.3, -0.25) is 0 Å². The molecule has 0 bridgehead atoms. The van der Waals surface area contributed by atoms with E-state index in [4.69, 9.17) is 13.6 Å². The zero-order valence-electron chi connectivity index (χ0n) is 23.7. The third-order valence-corrected chi connectivity index (χ3v) is 11.8. The summed E-state index contributed by atoms with van der Waals surface area (Å²) < 4.78 is 18.5. The zero-order chi connectivity index (χ0) is 27.3. The number of carbonyl (C=O) groups is 1. The summed E-state index contributed by atoms with van der Waals surface area (Å²) in [7, 11) is -0.848. The molecule has 1 heterocycles. The molecule has 0 fully saturated rings. The van der Waals surface area contributed by atoms with Crippen molar-refractivity contribution < 1.29 is 18.4 Å². The first-order chi connectivity index (χ1) is 17.4. The molecule has 2 atom stereocenters. The third-order valence-electron chi connectivity index (χ3n) is 6.78. The lowest BCUT2D eigenvalue weighted by atomic mass is 9.95. The fourth-order valence-electron chi connectivity index (χ4n) is 5.08.